The Balaban J connectivity index is 1.75. The van der Waals surface area contributed by atoms with E-state index in [0.717, 1.165) is 11.8 Å². The first kappa shape index (κ1) is 13.1. The molecule has 0 bridgehead atoms. The van der Waals surface area contributed by atoms with Gasteiger partial charge in [-0.2, -0.15) is 0 Å². The molecule has 0 spiro atoms. The molecule has 2 heteroatoms. The summed E-state index contributed by atoms with van der Waals surface area (Å²) in [5.74, 6) is 1.67. The van der Waals surface area contributed by atoms with E-state index in [0.29, 0.717) is 12.1 Å². The lowest BCUT2D eigenvalue weighted by Gasteiger charge is -2.23. The Morgan fingerprint density at radius 3 is 2.68 bits per heavy atom. The molecule has 0 aliphatic heterocycles. The number of nitrogens with one attached hydrogen (secondary N) is 1. The zero-order valence-corrected chi connectivity index (χ0v) is 12.8. The monoisotopic (exact) mass is 273 g/mol. The van der Waals surface area contributed by atoms with Gasteiger partial charge in [-0.25, -0.2) is 0 Å². The van der Waals surface area contributed by atoms with Crippen molar-refractivity contribution in [2.24, 2.45) is 11.8 Å². The van der Waals surface area contributed by atoms with Crippen molar-refractivity contribution in [2.75, 3.05) is 0 Å². The van der Waals surface area contributed by atoms with Gasteiger partial charge in [-0.05, 0) is 49.1 Å². The summed E-state index contributed by atoms with van der Waals surface area (Å²) in [7, 11) is 0. The molecule has 1 N–H and O–H groups in total. The molecule has 0 radical (unpaired) electrons. The average molecular weight is 273 g/mol. The van der Waals surface area contributed by atoms with E-state index in [1.165, 1.54) is 27.8 Å². The molecule has 0 saturated heterocycles. The van der Waals surface area contributed by atoms with E-state index >= 15 is 0 Å². The second-order valence-corrected chi connectivity index (χ2v) is 7.21. The molecule has 1 fully saturated rings. The molecule has 1 aliphatic carbocycles. The van der Waals surface area contributed by atoms with Crippen LogP contribution in [0.3, 0.4) is 0 Å². The van der Waals surface area contributed by atoms with Gasteiger partial charge >= 0.3 is 0 Å². The van der Waals surface area contributed by atoms with Crippen molar-refractivity contribution in [1.29, 1.82) is 0 Å². The quantitative estimate of drug-likeness (QED) is 0.831. The van der Waals surface area contributed by atoms with Crippen LogP contribution < -0.4 is 5.32 Å². The minimum absolute atomic E-state index is 0.468. The summed E-state index contributed by atoms with van der Waals surface area (Å²) >= 11 is 1.93. The highest BCUT2D eigenvalue weighted by molar-refractivity contribution is 7.19. The predicted octanol–water partition coefficient (Wildman–Crippen LogP) is 4.99. The Kier molecular flexibility index (Phi) is 3.64. The van der Waals surface area contributed by atoms with Gasteiger partial charge in [-0.1, -0.05) is 32.0 Å². The first-order valence-corrected chi connectivity index (χ1v) is 8.21. The van der Waals surface area contributed by atoms with Crippen LogP contribution in [0.2, 0.25) is 0 Å². The Labute approximate surface area is 120 Å². The lowest BCUT2D eigenvalue weighted by molar-refractivity contribution is 0.348. The summed E-state index contributed by atoms with van der Waals surface area (Å²) in [6.45, 7) is 7.09. The van der Waals surface area contributed by atoms with Gasteiger partial charge in [0.05, 0.1) is 0 Å². The fraction of sp³-hybridized carbons (Fsp3) is 0.529. The van der Waals surface area contributed by atoms with Crippen molar-refractivity contribution < 1.29 is 0 Å². The molecule has 3 rings (SSSR count). The lowest BCUT2D eigenvalue weighted by Crippen LogP contribution is -2.34. The van der Waals surface area contributed by atoms with Crippen LogP contribution in [0.1, 0.15) is 44.5 Å². The van der Waals surface area contributed by atoms with Gasteiger partial charge in [0.15, 0.2) is 0 Å². The second kappa shape index (κ2) is 5.26. The van der Waals surface area contributed by atoms with Crippen LogP contribution in [0.4, 0.5) is 0 Å². The Morgan fingerprint density at radius 1 is 1.21 bits per heavy atom. The number of hydrogen-bond donors (Lipinski definition) is 1. The fourth-order valence-corrected chi connectivity index (χ4v) is 4.30. The SMILES string of the molecule is CC(NC1CCC(C)C1C)c1cc2ccccc2s1. The van der Waals surface area contributed by atoms with Crippen LogP contribution >= 0.6 is 11.3 Å². The van der Waals surface area contributed by atoms with Crippen LogP contribution in [-0.2, 0) is 0 Å². The summed E-state index contributed by atoms with van der Waals surface area (Å²) in [4.78, 5) is 1.47. The fourth-order valence-electron chi connectivity index (χ4n) is 3.22. The summed E-state index contributed by atoms with van der Waals surface area (Å²) in [6, 6.07) is 12.2. The normalized spacial score (nSPS) is 28.9. The number of thiophene rings is 1. The number of hydrogen-bond acceptors (Lipinski definition) is 2. The molecule has 1 nitrogen and oxygen atoms in total. The molecule has 1 aromatic heterocycles. The Hall–Kier alpha value is -0.860. The first-order chi connectivity index (χ1) is 9.15. The van der Waals surface area contributed by atoms with E-state index in [1.54, 1.807) is 0 Å². The van der Waals surface area contributed by atoms with Crippen molar-refractivity contribution in [3.05, 3.63) is 35.2 Å². The molecule has 102 valence electrons. The van der Waals surface area contributed by atoms with Crippen molar-refractivity contribution in [1.82, 2.24) is 5.32 Å². The smallest absolute Gasteiger partial charge is 0.0388 e. The van der Waals surface area contributed by atoms with E-state index in [4.69, 9.17) is 0 Å². The second-order valence-electron chi connectivity index (χ2n) is 6.10. The van der Waals surface area contributed by atoms with Gasteiger partial charge in [0.1, 0.15) is 0 Å². The summed E-state index contributed by atoms with van der Waals surface area (Å²) in [6.07, 6.45) is 2.70. The molecule has 1 heterocycles. The maximum absolute atomic E-state index is 3.85. The molecule has 0 amide bonds. The van der Waals surface area contributed by atoms with Gasteiger partial charge < -0.3 is 5.32 Å². The van der Waals surface area contributed by atoms with Crippen LogP contribution in [0.15, 0.2) is 30.3 Å². The van der Waals surface area contributed by atoms with Crippen LogP contribution in [0.25, 0.3) is 10.1 Å². The average Bonchev–Trinajstić information content (AvgIpc) is 2.97. The largest absolute Gasteiger partial charge is 0.306 e. The summed E-state index contributed by atoms with van der Waals surface area (Å²) < 4.78 is 1.40. The highest BCUT2D eigenvalue weighted by atomic mass is 32.1. The molecule has 1 saturated carbocycles. The Bertz CT molecular complexity index is 526. The molecule has 2 aromatic rings. The van der Waals surface area contributed by atoms with Gasteiger partial charge in [0.2, 0.25) is 0 Å². The summed E-state index contributed by atoms with van der Waals surface area (Å²) in [5, 5.41) is 5.23. The minimum Gasteiger partial charge on any atom is -0.306 e. The van der Waals surface area contributed by atoms with Gasteiger partial charge in [-0.15, -0.1) is 11.3 Å². The number of benzene rings is 1. The van der Waals surface area contributed by atoms with E-state index in [2.05, 4.69) is 56.4 Å². The van der Waals surface area contributed by atoms with Crippen molar-refractivity contribution in [2.45, 2.75) is 45.7 Å². The third kappa shape index (κ3) is 2.56. The van der Waals surface area contributed by atoms with Gasteiger partial charge in [-0.3, -0.25) is 0 Å². The third-order valence-electron chi connectivity index (χ3n) is 4.80. The van der Waals surface area contributed by atoms with E-state index in [1.807, 2.05) is 11.3 Å². The number of rotatable bonds is 3. The topological polar surface area (TPSA) is 12.0 Å². The predicted molar refractivity (Wildman–Crippen MR) is 84.7 cm³/mol. The van der Waals surface area contributed by atoms with E-state index in [-0.39, 0.29) is 0 Å². The molecular weight excluding hydrogens is 250 g/mol. The van der Waals surface area contributed by atoms with E-state index < -0.39 is 0 Å². The molecule has 4 atom stereocenters. The standard InChI is InChI=1S/C17H23NS/c1-11-8-9-15(12(11)2)18-13(3)17-10-14-6-4-5-7-16(14)19-17/h4-7,10-13,15,18H,8-9H2,1-3H3. The molecule has 4 unspecified atom stereocenters. The highest BCUT2D eigenvalue weighted by Gasteiger charge is 2.30. The van der Waals surface area contributed by atoms with Crippen LogP contribution in [0, 0.1) is 11.8 Å². The maximum atomic E-state index is 3.85. The maximum Gasteiger partial charge on any atom is 0.0388 e. The first-order valence-electron chi connectivity index (χ1n) is 7.39. The zero-order chi connectivity index (χ0) is 13.4. The van der Waals surface area contributed by atoms with E-state index in [9.17, 15) is 0 Å². The van der Waals surface area contributed by atoms with Crippen LogP contribution in [-0.4, -0.2) is 6.04 Å². The van der Waals surface area contributed by atoms with Gasteiger partial charge in [0.25, 0.3) is 0 Å². The zero-order valence-electron chi connectivity index (χ0n) is 12.0. The highest BCUT2D eigenvalue weighted by Crippen LogP contribution is 2.34. The third-order valence-corrected chi connectivity index (χ3v) is 6.10. The molecule has 1 aliphatic rings. The molecular formula is C17H23NS. The van der Waals surface area contributed by atoms with Crippen LogP contribution in [0.5, 0.6) is 0 Å². The molecule has 1 aromatic carbocycles. The van der Waals surface area contributed by atoms with Gasteiger partial charge in [0, 0.05) is 21.7 Å². The van der Waals surface area contributed by atoms with Crippen molar-refractivity contribution in [3.63, 3.8) is 0 Å². The number of fused-ring (bicyclic) bond motifs is 1. The minimum atomic E-state index is 0.468. The summed E-state index contributed by atoms with van der Waals surface area (Å²) in [5.41, 5.74) is 0. The van der Waals surface area contributed by atoms with Crippen molar-refractivity contribution >= 4 is 21.4 Å². The lowest BCUT2D eigenvalue weighted by atomic mass is 9.97. The molecule has 19 heavy (non-hydrogen) atoms. The Morgan fingerprint density at radius 2 is 2.00 bits per heavy atom. The van der Waals surface area contributed by atoms with Crippen molar-refractivity contribution in [3.8, 4) is 0 Å².